The molecule has 0 radical (unpaired) electrons. The minimum atomic E-state index is -0.809. The van der Waals surface area contributed by atoms with Gasteiger partial charge >= 0.3 is 11.7 Å². The largest absolute Gasteiger partial charge is 0.457 e. The van der Waals surface area contributed by atoms with Crippen LogP contribution in [0.25, 0.3) is 0 Å². The second-order valence-corrected chi connectivity index (χ2v) is 8.84. The van der Waals surface area contributed by atoms with Gasteiger partial charge in [-0.25, -0.2) is 4.79 Å². The molecule has 2 N–H and O–H groups in total. The second-order valence-electron chi connectivity index (χ2n) is 8.84. The fourth-order valence-electron chi connectivity index (χ4n) is 4.59. The lowest BCUT2D eigenvalue weighted by Gasteiger charge is -2.36. The summed E-state index contributed by atoms with van der Waals surface area (Å²) in [5.41, 5.74) is 4.23. The standard InChI is InChI=1S/C21H29N3O6/c1-11(2)9-24-18(22)16(19(27)23(3)21(24)29)15(25)10-30-20(28)14-7-12-5-4-6-13(8-14)17(12)26/h11-14H,4-10,22H2,1-3H3/t12-,13-/m0/s1. The summed E-state index contributed by atoms with van der Waals surface area (Å²) in [4.78, 5) is 62.2. The lowest BCUT2D eigenvalue weighted by Crippen LogP contribution is -2.44. The summed E-state index contributed by atoms with van der Waals surface area (Å²) in [6, 6.07) is 0. The van der Waals surface area contributed by atoms with Crippen LogP contribution in [0.2, 0.25) is 0 Å². The fourth-order valence-corrected chi connectivity index (χ4v) is 4.59. The molecule has 2 saturated carbocycles. The van der Waals surface area contributed by atoms with E-state index in [9.17, 15) is 24.0 Å². The molecule has 9 heteroatoms. The molecule has 1 aromatic rings. The normalized spacial score (nSPS) is 23.5. The van der Waals surface area contributed by atoms with Gasteiger partial charge in [0.2, 0.25) is 5.78 Å². The molecule has 0 saturated heterocycles. The number of fused-ring (bicyclic) bond motifs is 2. The lowest BCUT2D eigenvalue weighted by molar-refractivity contribution is -0.152. The zero-order valence-corrected chi connectivity index (χ0v) is 17.7. The van der Waals surface area contributed by atoms with Gasteiger partial charge in [0.1, 0.15) is 17.2 Å². The van der Waals surface area contributed by atoms with Crippen LogP contribution in [0.15, 0.2) is 9.59 Å². The number of carbonyl (C=O) groups excluding carboxylic acids is 3. The topological polar surface area (TPSA) is 130 Å². The van der Waals surface area contributed by atoms with E-state index >= 15 is 0 Å². The molecule has 9 nitrogen and oxygen atoms in total. The summed E-state index contributed by atoms with van der Waals surface area (Å²) in [5, 5.41) is 0. The molecule has 1 aromatic heterocycles. The van der Waals surface area contributed by atoms with E-state index in [1.54, 1.807) is 0 Å². The first-order valence-corrected chi connectivity index (χ1v) is 10.4. The summed E-state index contributed by atoms with van der Waals surface area (Å²) in [5.74, 6) is -1.80. The van der Waals surface area contributed by atoms with Crippen molar-refractivity contribution in [3.63, 3.8) is 0 Å². The molecule has 2 atom stereocenters. The zero-order valence-electron chi connectivity index (χ0n) is 17.7. The van der Waals surface area contributed by atoms with Gasteiger partial charge in [-0.3, -0.25) is 28.3 Å². The molecule has 0 aliphatic heterocycles. The molecule has 3 rings (SSSR count). The van der Waals surface area contributed by atoms with Crippen molar-refractivity contribution in [2.45, 2.75) is 52.5 Å². The number of aromatic nitrogens is 2. The maximum atomic E-state index is 12.7. The molecule has 2 aliphatic carbocycles. The SMILES string of the molecule is CC(C)Cn1c(N)c(C(=O)COC(=O)C2C[C@@H]3CCC[C@@H](C2)C3=O)c(=O)n(C)c1=O. The van der Waals surface area contributed by atoms with Crippen molar-refractivity contribution >= 4 is 23.4 Å². The Labute approximate surface area is 174 Å². The van der Waals surface area contributed by atoms with Crippen molar-refractivity contribution in [3.05, 3.63) is 26.4 Å². The van der Waals surface area contributed by atoms with Crippen molar-refractivity contribution in [1.82, 2.24) is 9.13 Å². The number of hydrogen-bond acceptors (Lipinski definition) is 7. The average molecular weight is 419 g/mol. The van der Waals surface area contributed by atoms with E-state index in [0.717, 1.165) is 23.8 Å². The Morgan fingerprint density at radius 1 is 1.13 bits per heavy atom. The van der Waals surface area contributed by atoms with Gasteiger partial charge in [-0.15, -0.1) is 0 Å². The van der Waals surface area contributed by atoms with Crippen LogP contribution >= 0.6 is 0 Å². The number of nitrogens with two attached hydrogens (primary N) is 1. The van der Waals surface area contributed by atoms with Crippen molar-refractivity contribution < 1.29 is 19.1 Å². The summed E-state index contributed by atoms with van der Waals surface area (Å²) in [7, 11) is 1.28. The van der Waals surface area contributed by atoms with Gasteiger partial charge < -0.3 is 10.5 Å². The summed E-state index contributed by atoms with van der Waals surface area (Å²) in [6.45, 7) is 3.38. The van der Waals surface area contributed by atoms with Gasteiger partial charge in [-0.05, 0) is 31.6 Å². The summed E-state index contributed by atoms with van der Waals surface area (Å²) >= 11 is 0. The minimum absolute atomic E-state index is 0.0664. The molecule has 164 valence electrons. The molecule has 0 aromatic carbocycles. The third kappa shape index (κ3) is 4.11. The van der Waals surface area contributed by atoms with Crippen molar-refractivity contribution in [3.8, 4) is 0 Å². The number of rotatable bonds is 6. The first kappa shape index (κ1) is 22.0. The number of nitrogen functional groups attached to an aromatic ring is 1. The smallest absolute Gasteiger partial charge is 0.332 e. The van der Waals surface area contributed by atoms with E-state index in [1.807, 2.05) is 13.8 Å². The van der Waals surface area contributed by atoms with Crippen molar-refractivity contribution in [1.29, 1.82) is 0 Å². The van der Waals surface area contributed by atoms with Crippen LogP contribution in [0.4, 0.5) is 5.82 Å². The lowest BCUT2D eigenvalue weighted by atomic mass is 9.67. The highest BCUT2D eigenvalue weighted by atomic mass is 16.5. The molecule has 0 spiro atoms. The molecule has 0 unspecified atom stereocenters. The van der Waals surface area contributed by atoms with E-state index in [0.29, 0.717) is 12.8 Å². The van der Waals surface area contributed by atoms with E-state index in [1.165, 1.54) is 11.6 Å². The predicted octanol–water partition coefficient (Wildman–Crippen LogP) is 0.907. The highest BCUT2D eigenvalue weighted by molar-refractivity contribution is 6.01. The van der Waals surface area contributed by atoms with E-state index < -0.39 is 35.5 Å². The highest BCUT2D eigenvalue weighted by Crippen LogP contribution is 2.40. The minimum Gasteiger partial charge on any atom is -0.457 e. The van der Waals surface area contributed by atoms with E-state index in [4.69, 9.17) is 10.5 Å². The third-order valence-corrected chi connectivity index (χ3v) is 6.14. The van der Waals surface area contributed by atoms with Gasteiger partial charge in [0.15, 0.2) is 6.61 Å². The quantitative estimate of drug-likeness (QED) is 0.535. The number of nitrogens with zero attached hydrogens (tertiary/aromatic N) is 2. The summed E-state index contributed by atoms with van der Waals surface area (Å²) < 4.78 is 7.23. The number of ether oxygens (including phenoxy) is 1. The summed E-state index contributed by atoms with van der Waals surface area (Å²) in [6.07, 6.45) is 3.48. The Balaban J connectivity index is 1.74. The van der Waals surface area contributed by atoms with Gasteiger partial charge in [-0.2, -0.15) is 0 Å². The molecule has 2 bridgehead atoms. The van der Waals surface area contributed by atoms with Crippen LogP contribution in [-0.4, -0.2) is 33.3 Å². The molecule has 0 amide bonds. The molecule has 2 aliphatic rings. The zero-order chi connectivity index (χ0) is 22.2. The van der Waals surface area contributed by atoms with Crippen molar-refractivity contribution in [2.75, 3.05) is 12.3 Å². The average Bonchev–Trinajstić information content (AvgIpc) is 2.67. The molecule has 30 heavy (non-hydrogen) atoms. The number of Topliss-reactive ketones (excluding diaryl/α,β-unsaturated/α-hetero) is 2. The first-order valence-electron chi connectivity index (χ1n) is 10.4. The van der Waals surface area contributed by atoms with Gasteiger partial charge in [0, 0.05) is 25.4 Å². The highest BCUT2D eigenvalue weighted by Gasteiger charge is 2.42. The van der Waals surface area contributed by atoms with Crippen LogP contribution in [0.5, 0.6) is 0 Å². The van der Waals surface area contributed by atoms with Crippen LogP contribution in [0, 0.1) is 23.7 Å². The third-order valence-electron chi connectivity index (χ3n) is 6.14. The predicted molar refractivity (Wildman–Crippen MR) is 109 cm³/mol. The van der Waals surface area contributed by atoms with Gasteiger partial charge in [0.25, 0.3) is 5.56 Å². The second kappa shape index (κ2) is 8.57. The van der Waals surface area contributed by atoms with Crippen LogP contribution in [0.3, 0.4) is 0 Å². The number of carbonyl (C=O) groups is 3. The molecular formula is C21H29N3O6. The molecular weight excluding hydrogens is 390 g/mol. The van der Waals surface area contributed by atoms with Crippen molar-refractivity contribution in [2.24, 2.45) is 30.7 Å². The number of hydrogen-bond donors (Lipinski definition) is 1. The number of esters is 1. The monoisotopic (exact) mass is 419 g/mol. The van der Waals surface area contributed by atoms with E-state index in [2.05, 4.69) is 0 Å². The van der Waals surface area contributed by atoms with Gasteiger partial charge in [-0.1, -0.05) is 20.3 Å². The van der Waals surface area contributed by atoms with E-state index in [-0.39, 0.29) is 41.5 Å². The van der Waals surface area contributed by atoms with Crippen LogP contribution in [0.1, 0.15) is 56.3 Å². The number of anilines is 1. The van der Waals surface area contributed by atoms with Gasteiger partial charge in [0.05, 0.1) is 5.92 Å². The van der Waals surface area contributed by atoms with Crippen LogP contribution < -0.4 is 17.0 Å². The Kier molecular flexibility index (Phi) is 6.28. The van der Waals surface area contributed by atoms with Crippen LogP contribution in [-0.2, 0) is 27.9 Å². The first-order chi connectivity index (χ1) is 14.1. The molecule has 1 heterocycles. The number of ketones is 2. The Morgan fingerprint density at radius 3 is 2.30 bits per heavy atom. The maximum Gasteiger partial charge on any atom is 0.332 e. The molecule has 2 fully saturated rings. The Morgan fingerprint density at radius 2 is 1.73 bits per heavy atom. The Hall–Kier alpha value is -2.71. The maximum absolute atomic E-state index is 12.7. The Bertz CT molecular complexity index is 974. The fraction of sp³-hybridized carbons (Fsp3) is 0.667.